The van der Waals surface area contributed by atoms with Gasteiger partial charge in [0.15, 0.2) is 0 Å². The molecule has 0 aromatic carbocycles. The van der Waals surface area contributed by atoms with Crippen molar-refractivity contribution in [2.45, 2.75) is 32.4 Å². The Hall–Kier alpha value is -0.940. The van der Waals surface area contributed by atoms with E-state index in [4.69, 9.17) is 5.73 Å². The van der Waals surface area contributed by atoms with Crippen molar-refractivity contribution in [3.05, 3.63) is 16.6 Å². The highest BCUT2D eigenvalue weighted by Gasteiger charge is 2.16. The first-order chi connectivity index (χ1) is 6.65. The molecule has 0 radical (unpaired) electrons. The third-order valence-corrected chi connectivity index (χ3v) is 2.78. The van der Waals surface area contributed by atoms with E-state index in [1.54, 1.807) is 24.5 Å². The molecule has 1 heterocycles. The van der Waals surface area contributed by atoms with Crippen LogP contribution in [0.5, 0.6) is 0 Å². The molecule has 1 aromatic rings. The summed E-state index contributed by atoms with van der Waals surface area (Å²) in [4.78, 5) is 15.5. The Morgan fingerprint density at radius 1 is 1.79 bits per heavy atom. The second-order valence-corrected chi connectivity index (χ2v) is 4.05. The Morgan fingerprint density at radius 2 is 2.50 bits per heavy atom. The van der Waals surface area contributed by atoms with Gasteiger partial charge in [-0.05, 0) is 13.3 Å². The number of hydrogen-bond donors (Lipinski definition) is 2. The lowest BCUT2D eigenvalue weighted by molar-refractivity contribution is -0.122. The number of nitrogens with zero attached hydrogens (tertiary/aromatic N) is 1. The van der Waals surface area contributed by atoms with E-state index in [-0.39, 0.29) is 11.9 Å². The van der Waals surface area contributed by atoms with Gasteiger partial charge >= 0.3 is 0 Å². The van der Waals surface area contributed by atoms with Crippen LogP contribution in [0.4, 0.5) is 0 Å². The van der Waals surface area contributed by atoms with E-state index in [1.807, 2.05) is 12.3 Å². The molecule has 0 bridgehead atoms. The lowest BCUT2D eigenvalue weighted by Crippen LogP contribution is -2.40. The number of hydrogen-bond acceptors (Lipinski definition) is 4. The maximum absolute atomic E-state index is 11.3. The van der Waals surface area contributed by atoms with Gasteiger partial charge in [0.05, 0.1) is 12.1 Å². The maximum atomic E-state index is 11.3. The molecular weight excluding hydrogens is 198 g/mol. The lowest BCUT2D eigenvalue weighted by Gasteiger charge is -2.15. The molecule has 0 spiro atoms. The maximum Gasteiger partial charge on any atom is 0.237 e. The molecule has 1 amide bonds. The first-order valence-electron chi connectivity index (χ1n) is 4.60. The average Bonchev–Trinajstić information content (AvgIpc) is 2.66. The van der Waals surface area contributed by atoms with E-state index < -0.39 is 6.04 Å². The second-order valence-electron chi connectivity index (χ2n) is 3.13. The van der Waals surface area contributed by atoms with E-state index in [0.29, 0.717) is 0 Å². The van der Waals surface area contributed by atoms with Crippen molar-refractivity contribution in [2.24, 2.45) is 5.73 Å². The Kier molecular flexibility index (Phi) is 4.03. The third kappa shape index (κ3) is 2.78. The zero-order valence-corrected chi connectivity index (χ0v) is 9.17. The summed E-state index contributed by atoms with van der Waals surface area (Å²) in [7, 11) is 0. The summed E-state index contributed by atoms with van der Waals surface area (Å²) in [6.07, 6.45) is 2.56. The standard InChI is InChI=1S/C9H15N3OS/c1-3-7(9-11-4-5-14-9)12-8(13)6(2)10/h4-7H,3,10H2,1-2H3,(H,12,13)/t6-,7?/m0/s1. The number of amides is 1. The van der Waals surface area contributed by atoms with Crippen LogP contribution < -0.4 is 11.1 Å². The van der Waals surface area contributed by atoms with Crippen LogP contribution in [0.15, 0.2) is 11.6 Å². The van der Waals surface area contributed by atoms with Crippen LogP contribution in [0.1, 0.15) is 31.3 Å². The molecule has 1 rings (SSSR count). The number of rotatable bonds is 4. The SMILES string of the molecule is CCC(NC(=O)[C@H](C)N)c1nccs1. The molecule has 14 heavy (non-hydrogen) atoms. The first kappa shape index (κ1) is 11.1. The predicted molar refractivity (Wildman–Crippen MR) is 56.9 cm³/mol. The highest BCUT2D eigenvalue weighted by atomic mass is 32.1. The first-order valence-corrected chi connectivity index (χ1v) is 5.48. The summed E-state index contributed by atoms with van der Waals surface area (Å²) in [5.74, 6) is -0.132. The largest absolute Gasteiger partial charge is 0.346 e. The highest BCUT2D eigenvalue weighted by Crippen LogP contribution is 2.18. The van der Waals surface area contributed by atoms with E-state index in [0.717, 1.165) is 11.4 Å². The molecule has 2 atom stereocenters. The van der Waals surface area contributed by atoms with Gasteiger partial charge in [-0.3, -0.25) is 4.79 Å². The van der Waals surface area contributed by atoms with Crippen molar-refractivity contribution in [1.29, 1.82) is 0 Å². The number of nitrogens with one attached hydrogen (secondary N) is 1. The normalized spacial score (nSPS) is 14.8. The van der Waals surface area contributed by atoms with Gasteiger partial charge in [-0.1, -0.05) is 6.92 Å². The van der Waals surface area contributed by atoms with E-state index in [1.165, 1.54) is 0 Å². The molecule has 5 heteroatoms. The molecule has 0 saturated carbocycles. The molecule has 4 nitrogen and oxygen atoms in total. The zero-order chi connectivity index (χ0) is 10.6. The fourth-order valence-corrected chi connectivity index (χ4v) is 1.82. The summed E-state index contributed by atoms with van der Waals surface area (Å²) in [5, 5.41) is 5.68. The monoisotopic (exact) mass is 213 g/mol. The van der Waals surface area contributed by atoms with Crippen LogP contribution in [0.2, 0.25) is 0 Å². The van der Waals surface area contributed by atoms with Crippen molar-refractivity contribution in [3.8, 4) is 0 Å². The van der Waals surface area contributed by atoms with Gasteiger partial charge in [-0.2, -0.15) is 0 Å². The van der Waals surface area contributed by atoms with E-state index >= 15 is 0 Å². The van der Waals surface area contributed by atoms with Gasteiger partial charge in [-0.25, -0.2) is 4.98 Å². The quantitative estimate of drug-likeness (QED) is 0.785. The molecule has 0 aliphatic rings. The Labute approximate surface area is 87.5 Å². The number of thiazole rings is 1. The minimum absolute atomic E-state index is 0.00602. The Bertz CT molecular complexity index is 284. The fraction of sp³-hybridized carbons (Fsp3) is 0.556. The lowest BCUT2D eigenvalue weighted by atomic mass is 10.2. The molecule has 78 valence electrons. The van der Waals surface area contributed by atoms with Gasteiger partial charge < -0.3 is 11.1 Å². The van der Waals surface area contributed by atoms with Crippen LogP contribution in [0.25, 0.3) is 0 Å². The van der Waals surface area contributed by atoms with Crippen LogP contribution >= 0.6 is 11.3 Å². The Balaban J connectivity index is 2.61. The van der Waals surface area contributed by atoms with Crippen LogP contribution in [0, 0.1) is 0 Å². The van der Waals surface area contributed by atoms with Crippen molar-refractivity contribution in [2.75, 3.05) is 0 Å². The minimum atomic E-state index is -0.469. The van der Waals surface area contributed by atoms with Crippen LogP contribution in [0.3, 0.4) is 0 Å². The molecule has 0 aliphatic heterocycles. The number of carbonyl (C=O) groups is 1. The molecular formula is C9H15N3OS. The molecule has 0 fully saturated rings. The van der Waals surface area contributed by atoms with Crippen molar-refractivity contribution in [3.63, 3.8) is 0 Å². The summed E-state index contributed by atoms with van der Waals surface area (Å²) in [6, 6.07) is -0.475. The average molecular weight is 213 g/mol. The van der Waals surface area contributed by atoms with Crippen LogP contribution in [-0.2, 0) is 4.79 Å². The zero-order valence-electron chi connectivity index (χ0n) is 8.36. The predicted octanol–water partition coefficient (Wildman–Crippen LogP) is 1.06. The molecule has 1 unspecified atom stereocenters. The van der Waals surface area contributed by atoms with Gasteiger partial charge in [0, 0.05) is 11.6 Å². The van der Waals surface area contributed by atoms with Gasteiger partial charge in [0.2, 0.25) is 5.91 Å². The van der Waals surface area contributed by atoms with E-state index in [2.05, 4.69) is 10.3 Å². The summed E-state index contributed by atoms with van der Waals surface area (Å²) in [5.41, 5.74) is 5.46. The van der Waals surface area contributed by atoms with Crippen molar-refractivity contribution in [1.82, 2.24) is 10.3 Å². The molecule has 0 saturated heterocycles. The third-order valence-electron chi connectivity index (χ3n) is 1.89. The number of aromatic nitrogens is 1. The van der Waals surface area contributed by atoms with Gasteiger partial charge in [0.1, 0.15) is 5.01 Å². The summed E-state index contributed by atoms with van der Waals surface area (Å²) < 4.78 is 0. The van der Waals surface area contributed by atoms with Crippen molar-refractivity contribution >= 4 is 17.2 Å². The summed E-state index contributed by atoms with van der Waals surface area (Å²) >= 11 is 1.54. The fourth-order valence-electron chi connectivity index (χ4n) is 1.05. The van der Waals surface area contributed by atoms with Crippen molar-refractivity contribution < 1.29 is 4.79 Å². The molecule has 3 N–H and O–H groups in total. The van der Waals surface area contributed by atoms with Gasteiger partial charge in [0.25, 0.3) is 0 Å². The van der Waals surface area contributed by atoms with Crippen LogP contribution in [-0.4, -0.2) is 16.9 Å². The summed E-state index contributed by atoms with van der Waals surface area (Å²) in [6.45, 7) is 3.68. The smallest absolute Gasteiger partial charge is 0.237 e. The van der Waals surface area contributed by atoms with Gasteiger partial charge in [-0.15, -0.1) is 11.3 Å². The minimum Gasteiger partial charge on any atom is -0.346 e. The molecule has 1 aromatic heterocycles. The number of carbonyl (C=O) groups excluding carboxylic acids is 1. The Morgan fingerprint density at radius 3 is 2.93 bits per heavy atom. The number of nitrogens with two attached hydrogens (primary N) is 1. The van der Waals surface area contributed by atoms with E-state index in [9.17, 15) is 4.79 Å². The highest BCUT2D eigenvalue weighted by molar-refractivity contribution is 7.09. The second kappa shape index (κ2) is 5.07. The topological polar surface area (TPSA) is 68.0 Å². The molecule has 0 aliphatic carbocycles.